The molecule has 0 unspecified atom stereocenters. The van der Waals surface area contributed by atoms with Crippen LogP contribution < -0.4 is 5.32 Å². The van der Waals surface area contributed by atoms with E-state index in [1.165, 1.54) is 11.0 Å². The number of nitrogens with one attached hydrogen (secondary N) is 1. The van der Waals surface area contributed by atoms with Crippen molar-refractivity contribution in [2.24, 2.45) is 0 Å². The summed E-state index contributed by atoms with van der Waals surface area (Å²) in [5.74, 6) is -0.946. The van der Waals surface area contributed by atoms with Crippen molar-refractivity contribution in [2.45, 2.75) is 6.04 Å². The van der Waals surface area contributed by atoms with E-state index < -0.39 is 21.8 Å². The Morgan fingerprint density at radius 2 is 2.08 bits per heavy atom. The molecule has 2 aliphatic heterocycles. The predicted octanol–water partition coefficient (Wildman–Crippen LogP) is 1.31. The molecule has 3 rings (SSSR count). The van der Waals surface area contributed by atoms with Crippen molar-refractivity contribution in [3.05, 3.63) is 52.3 Å². The molecule has 2 aliphatic rings. The van der Waals surface area contributed by atoms with Gasteiger partial charge in [-0.05, 0) is 17.7 Å². The monoisotopic (exact) mass is 394 g/mol. The van der Waals surface area contributed by atoms with Crippen LogP contribution in [0.15, 0.2) is 46.7 Å². The first-order valence-corrected chi connectivity index (χ1v) is 10.3. The van der Waals surface area contributed by atoms with E-state index in [0.29, 0.717) is 9.23 Å². The topological polar surface area (TPSA) is 83.6 Å². The number of thiocarbonyl (C=S) groups is 1. The standard InChI is InChI=1S/C16H14N2O4S3/c19-14(17-12-6-7-25(21,22)10-12)9-18-15(20)13(24-16(18)23)8-11-4-2-1-3-5-11/h1-8,12H,9-10H2,(H,17,19)/b13-8-/t12-/m1/s1. The maximum Gasteiger partial charge on any atom is 0.266 e. The Bertz CT molecular complexity index is 891. The average molecular weight is 394 g/mol. The Kier molecular flexibility index (Phi) is 5.07. The number of carbonyl (C=O) groups excluding carboxylic acids is 2. The number of sulfone groups is 1. The highest BCUT2D eigenvalue weighted by Crippen LogP contribution is 2.32. The summed E-state index contributed by atoms with van der Waals surface area (Å²) in [4.78, 5) is 26.2. The molecule has 25 heavy (non-hydrogen) atoms. The van der Waals surface area contributed by atoms with Gasteiger partial charge in [0.25, 0.3) is 5.91 Å². The SMILES string of the molecule is O=C(CN1C(=O)/C(=C/c2ccccc2)SC1=S)N[C@@H]1C=CS(=O)(=O)C1. The van der Waals surface area contributed by atoms with E-state index in [4.69, 9.17) is 12.2 Å². The van der Waals surface area contributed by atoms with Gasteiger partial charge in [0.05, 0.1) is 16.7 Å². The van der Waals surface area contributed by atoms with Gasteiger partial charge in [-0.1, -0.05) is 54.3 Å². The van der Waals surface area contributed by atoms with Crippen molar-refractivity contribution in [2.75, 3.05) is 12.3 Å². The Morgan fingerprint density at radius 3 is 2.72 bits per heavy atom. The smallest absolute Gasteiger partial charge is 0.266 e. The van der Waals surface area contributed by atoms with Gasteiger partial charge in [-0.3, -0.25) is 14.5 Å². The molecule has 2 amide bonds. The van der Waals surface area contributed by atoms with Gasteiger partial charge in [0.2, 0.25) is 5.91 Å². The Morgan fingerprint density at radius 1 is 1.36 bits per heavy atom. The van der Waals surface area contributed by atoms with Crippen LogP contribution in [-0.4, -0.2) is 47.8 Å². The van der Waals surface area contributed by atoms with Crippen molar-refractivity contribution >= 4 is 56.0 Å². The second kappa shape index (κ2) is 7.11. The molecule has 1 aromatic rings. The number of benzene rings is 1. The van der Waals surface area contributed by atoms with E-state index in [-0.39, 0.29) is 18.2 Å². The number of hydrogen-bond donors (Lipinski definition) is 1. The van der Waals surface area contributed by atoms with Crippen LogP contribution in [0.5, 0.6) is 0 Å². The highest BCUT2D eigenvalue weighted by Gasteiger charge is 2.34. The molecule has 1 fully saturated rings. The number of thioether (sulfide) groups is 1. The molecule has 1 atom stereocenters. The van der Waals surface area contributed by atoms with E-state index in [0.717, 1.165) is 22.7 Å². The van der Waals surface area contributed by atoms with Crippen molar-refractivity contribution < 1.29 is 18.0 Å². The molecule has 0 aromatic heterocycles. The molecule has 0 bridgehead atoms. The Balaban J connectivity index is 1.64. The minimum Gasteiger partial charge on any atom is -0.347 e. The van der Waals surface area contributed by atoms with Crippen LogP contribution in [0.2, 0.25) is 0 Å². The molecule has 1 N–H and O–H groups in total. The van der Waals surface area contributed by atoms with Crippen molar-refractivity contribution in [1.29, 1.82) is 0 Å². The van der Waals surface area contributed by atoms with Crippen LogP contribution >= 0.6 is 24.0 Å². The van der Waals surface area contributed by atoms with Gasteiger partial charge in [0, 0.05) is 5.41 Å². The lowest BCUT2D eigenvalue weighted by Crippen LogP contribution is -2.43. The van der Waals surface area contributed by atoms with Gasteiger partial charge in [0.1, 0.15) is 10.9 Å². The summed E-state index contributed by atoms with van der Waals surface area (Å²) in [7, 11) is -3.25. The normalized spacial score (nSPS) is 23.4. The van der Waals surface area contributed by atoms with Crippen LogP contribution in [0.4, 0.5) is 0 Å². The van der Waals surface area contributed by atoms with Gasteiger partial charge < -0.3 is 5.32 Å². The van der Waals surface area contributed by atoms with E-state index in [2.05, 4.69) is 5.32 Å². The first-order valence-electron chi connectivity index (χ1n) is 7.35. The van der Waals surface area contributed by atoms with Crippen molar-refractivity contribution in [1.82, 2.24) is 10.2 Å². The summed E-state index contributed by atoms with van der Waals surface area (Å²) in [5, 5.41) is 3.66. The zero-order chi connectivity index (χ0) is 18.0. The third-order valence-corrected chi connectivity index (χ3v) is 6.32. The summed E-state index contributed by atoms with van der Waals surface area (Å²) in [6, 6.07) is 8.77. The van der Waals surface area contributed by atoms with Crippen molar-refractivity contribution in [3.63, 3.8) is 0 Å². The number of carbonyl (C=O) groups is 2. The van der Waals surface area contributed by atoms with E-state index in [9.17, 15) is 18.0 Å². The minimum absolute atomic E-state index is 0.162. The van der Waals surface area contributed by atoms with E-state index in [1.54, 1.807) is 6.08 Å². The second-order valence-electron chi connectivity index (χ2n) is 5.51. The van der Waals surface area contributed by atoms with Crippen LogP contribution in [-0.2, 0) is 19.4 Å². The minimum atomic E-state index is -3.25. The molecule has 9 heteroatoms. The Labute approximate surface area is 154 Å². The van der Waals surface area contributed by atoms with Gasteiger partial charge in [-0.15, -0.1) is 0 Å². The fourth-order valence-corrected chi connectivity index (χ4v) is 4.89. The third kappa shape index (κ3) is 4.36. The third-order valence-electron chi connectivity index (χ3n) is 3.55. The van der Waals surface area contributed by atoms with Crippen LogP contribution in [0, 0.1) is 0 Å². The fraction of sp³-hybridized carbons (Fsp3) is 0.188. The molecular formula is C16H14N2O4S3. The maximum atomic E-state index is 12.5. The first-order chi connectivity index (χ1) is 11.8. The predicted molar refractivity (Wildman–Crippen MR) is 101 cm³/mol. The molecule has 0 saturated carbocycles. The maximum absolute atomic E-state index is 12.5. The second-order valence-corrected chi connectivity index (χ2v) is 9.12. The highest BCUT2D eigenvalue weighted by atomic mass is 32.2. The lowest BCUT2D eigenvalue weighted by molar-refractivity contribution is -0.128. The molecular weight excluding hydrogens is 380 g/mol. The number of nitrogens with zero attached hydrogens (tertiary/aromatic N) is 1. The number of amides is 2. The van der Waals surface area contributed by atoms with E-state index >= 15 is 0 Å². The largest absolute Gasteiger partial charge is 0.347 e. The molecule has 1 saturated heterocycles. The quantitative estimate of drug-likeness (QED) is 0.613. The van der Waals surface area contributed by atoms with Gasteiger partial charge in [0.15, 0.2) is 9.84 Å². The average Bonchev–Trinajstić information content (AvgIpc) is 3.02. The van der Waals surface area contributed by atoms with Crippen LogP contribution in [0.1, 0.15) is 5.56 Å². The first kappa shape index (κ1) is 17.8. The highest BCUT2D eigenvalue weighted by molar-refractivity contribution is 8.26. The molecule has 130 valence electrons. The van der Waals surface area contributed by atoms with Gasteiger partial charge in [-0.2, -0.15) is 0 Å². The fourth-order valence-electron chi connectivity index (χ4n) is 2.40. The number of hydrogen-bond acceptors (Lipinski definition) is 6. The van der Waals surface area contributed by atoms with Crippen molar-refractivity contribution in [3.8, 4) is 0 Å². The summed E-state index contributed by atoms with van der Waals surface area (Å²) >= 11 is 6.33. The zero-order valence-corrected chi connectivity index (χ0v) is 15.4. The number of rotatable bonds is 4. The molecule has 2 heterocycles. The molecule has 0 aliphatic carbocycles. The lowest BCUT2D eigenvalue weighted by atomic mass is 10.2. The molecule has 6 nitrogen and oxygen atoms in total. The van der Waals surface area contributed by atoms with Crippen LogP contribution in [0.25, 0.3) is 6.08 Å². The van der Waals surface area contributed by atoms with Gasteiger partial charge in [-0.25, -0.2) is 8.42 Å². The molecule has 1 aromatic carbocycles. The van der Waals surface area contributed by atoms with Gasteiger partial charge >= 0.3 is 0 Å². The summed E-state index contributed by atoms with van der Waals surface area (Å²) in [5.41, 5.74) is 0.869. The molecule has 0 radical (unpaired) electrons. The summed E-state index contributed by atoms with van der Waals surface area (Å²) in [6.45, 7) is -0.235. The Hall–Kier alpha value is -1.97. The lowest BCUT2D eigenvalue weighted by Gasteiger charge is -2.16. The molecule has 0 spiro atoms. The zero-order valence-electron chi connectivity index (χ0n) is 12.9. The summed E-state index contributed by atoms with van der Waals surface area (Å²) < 4.78 is 23.0. The van der Waals surface area contributed by atoms with E-state index in [1.807, 2.05) is 30.3 Å². The van der Waals surface area contributed by atoms with Crippen LogP contribution in [0.3, 0.4) is 0 Å². The summed E-state index contributed by atoms with van der Waals surface area (Å²) in [6.07, 6.45) is 3.15.